The average Bonchev–Trinajstić information content (AvgIpc) is 2.67. The molecule has 4 rings (SSSR count). The number of hydrogen-bond acceptors (Lipinski definition) is 5. The molecule has 10 heteroatoms. The molecular formula is C20H18ClF2N3O3S. The fourth-order valence-corrected chi connectivity index (χ4v) is 4.90. The second-order valence-electron chi connectivity index (χ2n) is 7.36. The van der Waals surface area contributed by atoms with E-state index in [4.69, 9.17) is 11.6 Å². The van der Waals surface area contributed by atoms with Crippen LogP contribution in [0.5, 0.6) is 0 Å². The molecule has 1 aliphatic rings. The minimum Gasteiger partial charge on any atom is -0.480 e. The van der Waals surface area contributed by atoms with Crippen LogP contribution in [0, 0.1) is 0 Å². The smallest absolute Gasteiger partial charge is 0.323 e. The molecule has 1 aromatic carbocycles. The number of carboxylic acids is 1. The first-order valence-corrected chi connectivity index (χ1v) is 10.8. The third kappa shape index (κ3) is 3.39. The number of benzene rings is 1. The Morgan fingerprint density at radius 2 is 2.00 bits per heavy atom. The summed E-state index contributed by atoms with van der Waals surface area (Å²) >= 11 is 7.61. The van der Waals surface area contributed by atoms with Crippen molar-refractivity contribution in [2.24, 2.45) is 0 Å². The van der Waals surface area contributed by atoms with E-state index in [0.29, 0.717) is 26.6 Å². The Kier molecular flexibility index (Phi) is 5.14. The lowest BCUT2D eigenvalue weighted by Crippen LogP contribution is -2.49. The zero-order valence-electron chi connectivity index (χ0n) is 16.2. The van der Waals surface area contributed by atoms with E-state index in [1.807, 2.05) is 0 Å². The maximum absolute atomic E-state index is 13.3. The second-order valence-corrected chi connectivity index (χ2v) is 8.58. The number of hydrogen-bond donors (Lipinski definition) is 1. The van der Waals surface area contributed by atoms with Crippen LogP contribution in [-0.4, -0.2) is 45.9 Å². The molecule has 0 spiro atoms. The Morgan fingerprint density at radius 1 is 1.33 bits per heavy atom. The van der Waals surface area contributed by atoms with Gasteiger partial charge in [-0.1, -0.05) is 11.6 Å². The van der Waals surface area contributed by atoms with E-state index in [1.54, 1.807) is 42.5 Å². The number of nitrogens with zero attached hydrogens (tertiary/aromatic N) is 3. The van der Waals surface area contributed by atoms with Gasteiger partial charge < -0.3 is 14.6 Å². The predicted octanol–water partition coefficient (Wildman–Crippen LogP) is 4.24. The minimum absolute atomic E-state index is 0.183. The van der Waals surface area contributed by atoms with Crippen LogP contribution in [0.25, 0.3) is 21.9 Å². The van der Waals surface area contributed by atoms with Crippen LogP contribution in [0.4, 0.5) is 14.6 Å². The van der Waals surface area contributed by atoms with Gasteiger partial charge in [0.2, 0.25) is 0 Å². The van der Waals surface area contributed by atoms with Crippen molar-refractivity contribution in [2.45, 2.75) is 36.2 Å². The van der Waals surface area contributed by atoms with Gasteiger partial charge in [-0.3, -0.25) is 9.59 Å². The molecule has 2 heterocycles. The van der Waals surface area contributed by atoms with Gasteiger partial charge in [-0.15, -0.1) is 11.8 Å². The molecule has 3 aromatic rings. The van der Waals surface area contributed by atoms with Gasteiger partial charge >= 0.3 is 5.97 Å². The van der Waals surface area contributed by atoms with Crippen LogP contribution in [0.3, 0.4) is 0 Å². The Hall–Kier alpha value is -2.39. The second kappa shape index (κ2) is 7.39. The van der Waals surface area contributed by atoms with E-state index < -0.39 is 18.4 Å². The summed E-state index contributed by atoms with van der Waals surface area (Å²) in [6, 6.07) is 5.98. The third-order valence-electron chi connectivity index (χ3n) is 5.43. The topological polar surface area (TPSA) is 75.4 Å². The number of fused-ring (bicyclic) bond motifs is 2. The van der Waals surface area contributed by atoms with Gasteiger partial charge in [-0.05, 0) is 30.5 Å². The summed E-state index contributed by atoms with van der Waals surface area (Å²) in [7, 11) is 1.67. The summed E-state index contributed by atoms with van der Waals surface area (Å²) < 4.78 is 28.1. The molecule has 1 fully saturated rings. The maximum Gasteiger partial charge on any atom is 0.323 e. The van der Waals surface area contributed by atoms with E-state index in [1.165, 1.54) is 16.3 Å². The lowest BCUT2D eigenvalue weighted by Gasteiger charge is -2.41. The monoisotopic (exact) mass is 453 g/mol. The molecule has 1 saturated carbocycles. The summed E-state index contributed by atoms with van der Waals surface area (Å²) in [6.07, 6.45) is 1.25. The maximum atomic E-state index is 13.3. The highest BCUT2D eigenvalue weighted by Gasteiger charge is 2.47. The van der Waals surface area contributed by atoms with Crippen molar-refractivity contribution in [3.05, 3.63) is 39.5 Å². The number of halogens is 3. The molecule has 6 nitrogen and oxygen atoms in total. The highest BCUT2D eigenvalue weighted by Crippen LogP contribution is 2.41. The SMILES string of the molecule is CSc1c(Cl)ccc2c(=O)c3ccc(N(C)C4CC(F)(F)C4)nc3n(CC(=O)O)c12. The van der Waals surface area contributed by atoms with Crippen LogP contribution in [0.15, 0.2) is 34.0 Å². The number of carboxylic acid groups (broad SMARTS) is 1. The fourth-order valence-electron chi connectivity index (χ4n) is 3.84. The number of carbonyl (C=O) groups is 1. The quantitative estimate of drug-likeness (QED) is 0.460. The molecule has 2 aromatic heterocycles. The number of anilines is 1. The normalized spacial score (nSPS) is 16.0. The molecule has 1 N–H and O–H groups in total. The van der Waals surface area contributed by atoms with Crippen LogP contribution in [-0.2, 0) is 11.3 Å². The van der Waals surface area contributed by atoms with Crippen molar-refractivity contribution < 1.29 is 18.7 Å². The van der Waals surface area contributed by atoms with Crippen LogP contribution >= 0.6 is 23.4 Å². The van der Waals surface area contributed by atoms with Gasteiger partial charge in [0.1, 0.15) is 18.0 Å². The summed E-state index contributed by atoms with van der Waals surface area (Å²) in [6.45, 7) is -0.428. The molecule has 158 valence electrons. The minimum atomic E-state index is -2.68. The highest BCUT2D eigenvalue weighted by molar-refractivity contribution is 7.99. The van der Waals surface area contributed by atoms with Crippen molar-refractivity contribution in [1.82, 2.24) is 9.55 Å². The van der Waals surface area contributed by atoms with Gasteiger partial charge in [0.25, 0.3) is 5.92 Å². The molecule has 0 amide bonds. The Bertz CT molecular complexity index is 1240. The summed E-state index contributed by atoms with van der Waals surface area (Å²) in [4.78, 5) is 31.5. The Balaban J connectivity index is 1.99. The third-order valence-corrected chi connectivity index (χ3v) is 6.68. The van der Waals surface area contributed by atoms with E-state index in [-0.39, 0.29) is 35.3 Å². The van der Waals surface area contributed by atoms with Crippen LogP contribution in [0.2, 0.25) is 5.02 Å². The van der Waals surface area contributed by atoms with Crippen molar-refractivity contribution in [1.29, 1.82) is 0 Å². The van der Waals surface area contributed by atoms with Gasteiger partial charge in [0.15, 0.2) is 5.43 Å². The molecule has 0 atom stereocenters. The first-order valence-electron chi connectivity index (χ1n) is 9.15. The zero-order chi connectivity index (χ0) is 21.8. The summed E-state index contributed by atoms with van der Waals surface area (Å²) in [5.41, 5.74) is 0.297. The van der Waals surface area contributed by atoms with Crippen LogP contribution < -0.4 is 10.3 Å². The van der Waals surface area contributed by atoms with E-state index in [0.717, 1.165) is 0 Å². The average molecular weight is 454 g/mol. The molecule has 0 saturated heterocycles. The van der Waals surface area contributed by atoms with Crippen LogP contribution in [0.1, 0.15) is 12.8 Å². The number of rotatable bonds is 5. The van der Waals surface area contributed by atoms with E-state index in [9.17, 15) is 23.5 Å². The van der Waals surface area contributed by atoms with Crippen molar-refractivity contribution in [2.75, 3.05) is 18.2 Å². The molecule has 30 heavy (non-hydrogen) atoms. The fraction of sp³-hybridized carbons (Fsp3) is 0.350. The standard InChI is InChI=1S/C20H18ClF2N3O3S/c1-25(10-7-20(22,23)8-10)14-6-4-12-17(29)11-3-5-13(21)18(30-2)16(11)26(9-15(27)28)19(12)24-14/h3-6,10H,7-9H2,1-2H3,(H,27,28). The molecule has 1 aliphatic carbocycles. The number of pyridine rings is 2. The number of aliphatic carboxylic acids is 1. The molecule has 0 aliphatic heterocycles. The lowest BCUT2D eigenvalue weighted by atomic mass is 9.87. The Labute approximate surface area is 179 Å². The van der Waals surface area contributed by atoms with Gasteiger partial charge in [0, 0.05) is 31.3 Å². The van der Waals surface area contributed by atoms with E-state index >= 15 is 0 Å². The summed E-state index contributed by atoms with van der Waals surface area (Å²) in [5.74, 6) is -3.39. The highest BCUT2D eigenvalue weighted by atomic mass is 35.5. The number of thioether (sulfide) groups is 1. The first kappa shape index (κ1) is 20.9. The lowest BCUT2D eigenvalue weighted by molar-refractivity contribution is -0.137. The summed E-state index contributed by atoms with van der Waals surface area (Å²) in [5, 5.41) is 10.5. The molecule has 0 unspecified atom stereocenters. The Morgan fingerprint density at radius 3 is 2.60 bits per heavy atom. The molecule has 0 radical (unpaired) electrons. The van der Waals surface area contributed by atoms with Crippen molar-refractivity contribution in [3.8, 4) is 0 Å². The predicted molar refractivity (Wildman–Crippen MR) is 114 cm³/mol. The van der Waals surface area contributed by atoms with Crippen molar-refractivity contribution >= 4 is 57.1 Å². The van der Waals surface area contributed by atoms with E-state index in [2.05, 4.69) is 4.98 Å². The van der Waals surface area contributed by atoms with Gasteiger partial charge in [0.05, 0.1) is 20.8 Å². The largest absolute Gasteiger partial charge is 0.480 e. The molecule has 0 bridgehead atoms. The zero-order valence-corrected chi connectivity index (χ0v) is 17.7. The molecular weight excluding hydrogens is 436 g/mol. The van der Waals surface area contributed by atoms with Crippen molar-refractivity contribution in [3.63, 3.8) is 0 Å². The number of aromatic nitrogens is 2. The first-order chi connectivity index (χ1) is 14.1. The van der Waals surface area contributed by atoms with Gasteiger partial charge in [-0.25, -0.2) is 13.8 Å². The van der Waals surface area contributed by atoms with Gasteiger partial charge in [-0.2, -0.15) is 0 Å². The number of alkyl halides is 2.